The molecule has 0 unspecified atom stereocenters. The lowest BCUT2D eigenvalue weighted by Gasteiger charge is -2.13. The van der Waals surface area contributed by atoms with Crippen LogP contribution in [-0.4, -0.2) is 18.6 Å². The van der Waals surface area contributed by atoms with Gasteiger partial charge >= 0.3 is 6.03 Å². The number of carbonyl (C=O) groups excluding carboxylic acids is 1. The van der Waals surface area contributed by atoms with Crippen LogP contribution in [0.15, 0.2) is 18.2 Å². The average molecular weight is 292 g/mol. The maximum atomic E-state index is 11.9. The summed E-state index contributed by atoms with van der Waals surface area (Å²) in [6.45, 7) is 0.299. The molecule has 5 heteroatoms. The average Bonchev–Trinajstić information content (AvgIpc) is 2.92. The Hall–Kier alpha value is -1.70. The summed E-state index contributed by atoms with van der Waals surface area (Å²) in [4.78, 5) is 11.9. The van der Waals surface area contributed by atoms with Crippen molar-refractivity contribution in [2.24, 2.45) is 5.73 Å². The number of anilines is 1. The zero-order chi connectivity index (χ0) is 14.4. The first-order valence-corrected chi connectivity index (χ1v) is 7.13. The lowest BCUT2D eigenvalue weighted by atomic mass is 10.2. The van der Waals surface area contributed by atoms with E-state index >= 15 is 0 Å². The van der Waals surface area contributed by atoms with Gasteiger partial charge < -0.3 is 16.4 Å². The van der Waals surface area contributed by atoms with Gasteiger partial charge in [-0.25, -0.2) is 4.79 Å². The molecule has 1 aliphatic rings. The number of benzene rings is 1. The van der Waals surface area contributed by atoms with Gasteiger partial charge in [0.15, 0.2) is 0 Å². The number of amides is 2. The normalized spacial score (nSPS) is 14.5. The second kappa shape index (κ2) is 7.18. The van der Waals surface area contributed by atoms with Crippen molar-refractivity contribution in [3.8, 4) is 11.8 Å². The molecule has 1 aromatic rings. The van der Waals surface area contributed by atoms with Crippen LogP contribution < -0.4 is 16.4 Å². The first kappa shape index (κ1) is 14.7. The van der Waals surface area contributed by atoms with E-state index in [1.54, 1.807) is 18.2 Å². The first-order chi connectivity index (χ1) is 9.69. The minimum atomic E-state index is -0.220. The molecule has 2 amide bonds. The molecule has 0 aromatic heterocycles. The lowest BCUT2D eigenvalue weighted by Crippen LogP contribution is -2.36. The van der Waals surface area contributed by atoms with Crippen LogP contribution in [0.3, 0.4) is 0 Å². The highest BCUT2D eigenvalue weighted by atomic mass is 35.5. The Morgan fingerprint density at radius 3 is 2.85 bits per heavy atom. The van der Waals surface area contributed by atoms with Crippen molar-refractivity contribution < 1.29 is 4.79 Å². The van der Waals surface area contributed by atoms with Gasteiger partial charge in [0.25, 0.3) is 0 Å². The van der Waals surface area contributed by atoms with Crippen molar-refractivity contribution in [2.45, 2.75) is 31.7 Å². The summed E-state index contributed by atoms with van der Waals surface area (Å²) in [5.41, 5.74) is 6.67. The number of halogens is 1. The highest BCUT2D eigenvalue weighted by Gasteiger charge is 2.17. The monoisotopic (exact) mass is 291 g/mol. The van der Waals surface area contributed by atoms with E-state index < -0.39 is 0 Å². The molecule has 0 radical (unpaired) electrons. The fourth-order valence-electron chi connectivity index (χ4n) is 2.27. The van der Waals surface area contributed by atoms with E-state index in [1.165, 1.54) is 12.8 Å². The summed E-state index contributed by atoms with van der Waals surface area (Å²) in [5, 5.41) is 6.22. The van der Waals surface area contributed by atoms with E-state index in [0.717, 1.165) is 18.4 Å². The Labute approximate surface area is 124 Å². The quantitative estimate of drug-likeness (QED) is 0.734. The van der Waals surface area contributed by atoms with Crippen molar-refractivity contribution in [3.63, 3.8) is 0 Å². The second-order valence-corrected chi connectivity index (χ2v) is 5.19. The Morgan fingerprint density at radius 2 is 2.15 bits per heavy atom. The number of hydrogen-bond donors (Lipinski definition) is 3. The first-order valence-electron chi connectivity index (χ1n) is 6.75. The van der Waals surface area contributed by atoms with Gasteiger partial charge in [-0.3, -0.25) is 0 Å². The van der Waals surface area contributed by atoms with Crippen molar-refractivity contribution in [1.29, 1.82) is 0 Å². The molecule has 1 saturated carbocycles. The van der Waals surface area contributed by atoms with Crippen LogP contribution in [0.4, 0.5) is 10.5 Å². The van der Waals surface area contributed by atoms with Crippen LogP contribution in [-0.2, 0) is 0 Å². The molecule has 0 bridgehead atoms. The van der Waals surface area contributed by atoms with Crippen LogP contribution in [0.1, 0.15) is 31.2 Å². The largest absolute Gasteiger partial charge is 0.335 e. The van der Waals surface area contributed by atoms with Crippen molar-refractivity contribution in [2.75, 3.05) is 11.9 Å². The third-order valence-electron chi connectivity index (χ3n) is 3.24. The molecule has 0 atom stereocenters. The van der Waals surface area contributed by atoms with Gasteiger partial charge in [0, 0.05) is 11.6 Å². The topological polar surface area (TPSA) is 67.1 Å². The van der Waals surface area contributed by atoms with Crippen molar-refractivity contribution >= 4 is 23.3 Å². The zero-order valence-electron chi connectivity index (χ0n) is 11.2. The van der Waals surface area contributed by atoms with Crippen LogP contribution in [0.2, 0.25) is 5.02 Å². The van der Waals surface area contributed by atoms with E-state index in [9.17, 15) is 4.79 Å². The smallest absolute Gasteiger partial charge is 0.319 e. The number of hydrogen-bond acceptors (Lipinski definition) is 2. The summed E-state index contributed by atoms with van der Waals surface area (Å²) in [7, 11) is 0. The number of nitrogens with two attached hydrogens (primary N) is 1. The van der Waals surface area contributed by atoms with E-state index in [1.807, 2.05) is 0 Å². The standard InChI is InChI=1S/C15H18ClN3O/c16-13-8-7-11(4-3-9-17)10-14(13)19-15(20)18-12-5-1-2-6-12/h7-8,10,12H,1-2,5-6,9,17H2,(H2,18,19,20). The molecule has 0 aliphatic heterocycles. The number of urea groups is 1. The van der Waals surface area contributed by atoms with Crippen LogP contribution in [0.25, 0.3) is 0 Å². The summed E-state index contributed by atoms with van der Waals surface area (Å²) in [5.74, 6) is 5.68. The summed E-state index contributed by atoms with van der Waals surface area (Å²) >= 11 is 6.08. The molecule has 4 nitrogen and oxygen atoms in total. The molecule has 106 valence electrons. The lowest BCUT2D eigenvalue weighted by molar-refractivity contribution is 0.248. The molecule has 0 saturated heterocycles. The molecular weight excluding hydrogens is 274 g/mol. The summed E-state index contributed by atoms with van der Waals surface area (Å²) in [6.07, 6.45) is 4.44. The van der Waals surface area contributed by atoms with Gasteiger partial charge in [0.2, 0.25) is 0 Å². The number of nitrogens with one attached hydrogen (secondary N) is 2. The highest BCUT2D eigenvalue weighted by Crippen LogP contribution is 2.23. The molecule has 2 rings (SSSR count). The molecular formula is C15H18ClN3O. The number of rotatable bonds is 2. The predicted octanol–water partition coefficient (Wildman–Crippen LogP) is 2.71. The maximum Gasteiger partial charge on any atom is 0.319 e. The van der Waals surface area contributed by atoms with Gasteiger partial charge in [0.05, 0.1) is 17.3 Å². The minimum absolute atomic E-state index is 0.220. The van der Waals surface area contributed by atoms with Crippen LogP contribution in [0.5, 0.6) is 0 Å². The molecule has 1 fully saturated rings. The zero-order valence-corrected chi connectivity index (χ0v) is 12.0. The van der Waals surface area contributed by atoms with E-state index in [4.69, 9.17) is 17.3 Å². The fourth-order valence-corrected chi connectivity index (χ4v) is 2.43. The molecule has 0 heterocycles. The Kier molecular flexibility index (Phi) is 5.28. The molecule has 0 spiro atoms. The molecule has 4 N–H and O–H groups in total. The predicted molar refractivity (Wildman–Crippen MR) is 81.8 cm³/mol. The summed E-state index contributed by atoms with van der Waals surface area (Å²) < 4.78 is 0. The van der Waals surface area contributed by atoms with Gasteiger partial charge in [-0.15, -0.1) is 0 Å². The Bertz CT molecular complexity index is 542. The van der Waals surface area contributed by atoms with Gasteiger partial charge in [-0.1, -0.05) is 36.3 Å². The summed E-state index contributed by atoms with van der Waals surface area (Å²) in [6, 6.07) is 5.31. The van der Waals surface area contributed by atoms with Crippen LogP contribution >= 0.6 is 11.6 Å². The Morgan fingerprint density at radius 1 is 1.40 bits per heavy atom. The van der Waals surface area contributed by atoms with Crippen LogP contribution in [0, 0.1) is 11.8 Å². The molecule has 1 aromatic carbocycles. The SMILES string of the molecule is NCC#Cc1ccc(Cl)c(NC(=O)NC2CCCC2)c1. The minimum Gasteiger partial charge on any atom is -0.335 e. The van der Waals surface area contributed by atoms with Gasteiger partial charge in [0.1, 0.15) is 0 Å². The van der Waals surface area contributed by atoms with E-state index in [2.05, 4.69) is 22.5 Å². The molecule has 1 aliphatic carbocycles. The third kappa shape index (κ3) is 4.16. The highest BCUT2D eigenvalue weighted by molar-refractivity contribution is 6.33. The van der Waals surface area contributed by atoms with E-state index in [0.29, 0.717) is 17.3 Å². The number of carbonyl (C=O) groups is 1. The van der Waals surface area contributed by atoms with Crippen molar-refractivity contribution in [3.05, 3.63) is 28.8 Å². The molecule has 20 heavy (non-hydrogen) atoms. The Balaban J connectivity index is 2.01. The maximum absolute atomic E-state index is 11.9. The fraction of sp³-hybridized carbons (Fsp3) is 0.400. The van der Waals surface area contributed by atoms with Gasteiger partial charge in [-0.2, -0.15) is 0 Å². The van der Waals surface area contributed by atoms with Crippen molar-refractivity contribution in [1.82, 2.24) is 5.32 Å². The van der Waals surface area contributed by atoms with E-state index in [-0.39, 0.29) is 12.1 Å². The van der Waals surface area contributed by atoms with Gasteiger partial charge in [-0.05, 0) is 31.0 Å². The third-order valence-corrected chi connectivity index (χ3v) is 3.57. The second-order valence-electron chi connectivity index (χ2n) is 4.78.